The number of hydrogen-bond acceptors (Lipinski definition) is 2. The number of hydrogen-bond donors (Lipinski definition) is 1. The van der Waals surface area contributed by atoms with E-state index in [2.05, 4.69) is 40.6 Å². The molecule has 1 fully saturated rings. The van der Waals surface area contributed by atoms with Crippen LogP contribution in [0.1, 0.15) is 31.0 Å². The quantitative estimate of drug-likeness (QED) is 0.646. The second-order valence-electron chi connectivity index (χ2n) is 7.98. The molecule has 2 aliphatic rings. The van der Waals surface area contributed by atoms with E-state index in [0.29, 0.717) is 6.04 Å². The third-order valence-corrected chi connectivity index (χ3v) is 5.93. The van der Waals surface area contributed by atoms with Gasteiger partial charge in [-0.15, -0.1) is 0 Å². The number of nitrogens with one attached hydrogen (secondary N) is 1. The van der Waals surface area contributed by atoms with Gasteiger partial charge in [-0.2, -0.15) is 0 Å². The molecule has 3 nitrogen and oxygen atoms in total. The SMILES string of the molecule is C=C/C=C(\C=C/CF)c1[nH]cc(C2=CCN3CC(C)CC3C2)c1-c1ccncc1. The predicted octanol–water partition coefficient (Wildman–Crippen LogP) is 5.67. The molecule has 2 aliphatic heterocycles. The van der Waals surface area contributed by atoms with Gasteiger partial charge < -0.3 is 4.98 Å². The Balaban J connectivity index is 1.79. The molecular weight excluding hydrogens is 361 g/mol. The van der Waals surface area contributed by atoms with Crippen LogP contribution in [-0.4, -0.2) is 40.7 Å². The maximum Gasteiger partial charge on any atom is 0.108 e. The number of rotatable bonds is 6. The average Bonchev–Trinajstić information content (AvgIpc) is 3.34. The van der Waals surface area contributed by atoms with Gasteiger partial charge in [-0.1, -0.05) is 43.9 Å². The lowest BCUT2D eigenvalue weighted by molar-refractivity contribution is 0.272. The van der Waals surface area contributed by atoms with Gasteiger partial charge in [0, 0.05) is 48.8 Å². The Hall–Kier alpha value is -2.72. The number of aromatic amines is 1. The van der Waals surface area contributed by atoms with Crippen molar-refractivity contribution in [3.8, 4) is 11.1 Å². The van der Waals surface area contributed by atoms with E-state index in [1.807, 2.05) is 36.7 Å². The van der Waals surface area contributed by atoms with Gasteiger partial charge in [0.15, 0.2) is 0 Å². The van der Waals surface area contributed by atoms with E-state index in [4.69, 9.17) is 0 Å². The number of H-pyrrole nitrogens is 1. The Morgan fingerprint density at radius 3 is 2.97 bits per heavy atom. The van der Waals surface area contributed by atoms with Crippen LogP contribution in [0.2, 0.25) is 0 Å². The average molecular weight is 390 g/mol. The molecule has 1 N–H and O–H groups in total. The highest BCUT2D eigenvalue weighted by molar-refractivity contribution is 5.92. The molecule has 1 saturated heterocycles. The van der Waals surface area contributed by atoms with Crippen molar-refractivity contribution in [2.45, 2.75) is 25.8 Å². The molecule has 0 aromatic carbocycles. The minimum Gasteiger partial charge on any atom is -0.360 e. The van der Waals surface area contributed by atoms with E-state index >= 15 is 0 Å². The Morgan fingerprint density at radius 2 is 2.21 bits per heavy atom. The fourth-order valence-corrected chi connectivity index (χ4v) is 4.70. The molecule has 0 aliphatic carbocycles. The van der Waals surface area contributed by atoms with Crippen LogP contribution in [-0.2, 0) is 0 Å². The smallest absolute Gasteiger partial charge is 0.108 e. The van der Waals surface area contributed by atoms with Crippen molar-refractivity contribution in [2.24, 2.45) is 5.92 Å². The summed E-state index contributed by atoms with van der Waals surface area (Å²) in [6.07, 6.45) is 17.5. The third-order valence-electron chi connectivity index (χ3n) is 5.93. The third kappa shape index (κ3) is 4.03. The van der Waals surface area contributed by atoms with Gasteiger partial charge in [0.25, 0.3) is 0 Å². The molecule has 150 valence electrons. The van der Waals surface area contributed by atoms with Gasteiger partial charge in [0.2, 0.25) is 0 Å². The van der Waals surface area contributed by atoms with E-state index in [1.54, 1.807) is 6.08 Å². The van der Waals surface area contributed by atoms with Gasteiger partial charge in [0.1, 0.15) is 6.67 Å². The van der Waals surface area contributed by atoms with Gasteiger partial charge in [0.05, 0.1) is 5.69 Å². The molecule has 2 unspecified atom stereocenters. The van der Waals surface area contributed by atoms with Crippen molar-refractivity contribution in [2.75, 3.05) is 19.8 Å². The summed E-state index contributed by atoms with van der Waals surface area (Å²) in [6, 6.07) is 4.70. The highest BCUT2D eigenvalue weighted by Gasteiger charge is 2.33. The van der Waals surface area contributed by atoms with Gasteiger partial charge >= 0.3 is 0 Å². The number of aromatic nitrogens is 2. The summed E-state index contributed by atoms with van der Waals surface area (Å²) < 4.78 is 12.8. The maximum absolute atomic E-state index is 12.8. The molecule has 0 bridgehead atoms. The molecule has 4 heteroatoms. The molecule has 4 heterocycles. The zero-order chi connectivity index (χ0) is 20.2. The summed E-state index contributed by atoms with van der Waals surface area (Å²) in [5, 5.41) is 0. The van der Waals surface area contributed by atoms with Gasteiger partial charge in [-0.3, -0.25) is 9.88 Å². The summed E-state index contributed by atoms with van der Waals surface area (Å²) in [6.45, 7) is 7.90. The zero-order valence-corrected chi connectivity index (χ0v) is 16.9. The Bertz CT molecular complexity index is 952. The summed E-state index contributed by atoms with van der Waals surface area (Å²) in [4.78, 5) is 10.2. The fourth-order valence-electron chi connectivity index (χ4n) is 4.70. The van der Waals surface area contributed by atoms with Gasteiger partial charge in [-0.25, -0.2) is 4.39 Å². The fraction of sp³-hybridized carbons (Fsp3) is 0.320. The lowest BCUT2D eigenvalue weighted by atomic mass is 9.89. The number of nitrogens with zero attached hydrogens (tertiary/aromatic N) is 2. The molecule has 2 atom stereocenters. The number of pyridine rings is 1. The summed E-state index contributed by atoms with van der Waals surface area (Å²) in [7, 11) is 0. The van der Waals surface area contributed by atoms with Crippen LogP contribution in [0.3, 0.4) is 0 Å². The first-order valence-electron chi connectivity index (χ1n) is 10.3. The second kappa shape index (κ2) is 8.75. The summed E-state index contributed by atoms with van der Waals surface area (Å²) in [5.74, 6) is 0.766. The van der Waals surface area contributed by atoms with Crippen LogP contribution in [0, 0.1) is 5.92 Å². The van der Waals surface area contributed by atoms with Crippen molar-refractivity contribution < 1.29 is 4.39 Å². The highest BCUT2D eigenvalue weighted by atomic mass is 19.1. The van der Waals surface area contributed by atoms with E-state index in [1.165, 1.54) is 30.2 Å². The van der Waals surface area contributed by atoms with E-state index in [9.17, 15) is 4.39 Å². The van der Waals surface area contributed by atoms with Crippen LogP contribution in [0.15, 0.2) is 67.7 Å². The molecule has 0 radical (unpaired) electrons. The molecule has 2 aromatic rings. The van der Waals surface area contributed by atoms with Crippen molar-refractivity contribution in [3.05, 3.63) is 78.9 Å². The Kier molecular flexibility index (Phi) is 5.91. The molecule has 0 amide bonds. The minimum absolute atomic E-state index is 0.493. The van der Waals surface area contributed by atoms with Crippen molar-refractivity contribution in [3.63, 3.8) is 0 Å². The number of halogens is 1. The molecule has 4 rings (SSSR count). The Labute approximate surface area is 172 Å². The monoisotopic (exact) mass is 389 g/mol. The Morgan fingerprint density at radius 1 is 1.38 bits per heavy atom. The lowest BCUT2D eigenvalue weighted by Crippen LogP contribution is -2.33. The summed E-state index contributed by atoms with van der Waals surface area (Å²) in [5.41, 5.74) is 6.78. The van der Waals surface area contributed by atoms with Crippen LogP contribution in [0.5, 0.6) is 0 Å². The number of alkyl halides is 1. The molecule has 0 spiro atoms. The van der Waals surface area contributed by atoms with E-state index in [-0.39, 0.29) is 0 Å². The normalized spacial score (nSPS) is 22.7. The van der Waals surface area contributed by atoms with Crippen LogP contribution in [0.4, 0.5) is 4.39 Å². The highest BCUT2D eigenvalue weighted by Crippen LogP contribution is 2.41. The van der Waals surface area contributed by atoms with Gasteiger partial charge in [-0.05, 0) is 47.6 Å². The van der Waals surface area contributed by atoms with E-state index < -0.39 is 6.67 Å². The lowest BCUT2D eigenvalue weighted by Gasteiger charge is -2.29. The first-order valence-corrected chi connectivity index (χ1v) is 10.3. The van der Waals surface area contributed by atoms with Crippen molar-refractivity contribution in [1.82, 2.24) is 14.9 Å². The standard InChI is InChI=1S/C25H28FN3/c1-3-5-20(6-4-10-26)25-24(19-7-11-27-12-8-19)23(16-28-25)21-9-13-29-17-18(2)14-22(29)15-21/h3-9,11-12,16,18,22,28H,1,10,13-15,17H2,2H3/b6-4-,20-5+. The maximum atomic E-state index is 12.8. The van der Waals surface area contributed by atoms with Crippen LogP contribution < -0.4 is 0 Å². The molecule has 0 saturated carbocycles. The topological polar surface area (TPSA) is 31.9 Å². The summed E-state index contributed by atoms with van der Waals surface area (Å²) >= 11 is 0. The molecule has 2 aromatic heterocycles. The number of allylic oxidation sites excluding steroid dienone is 5. The number of fused-ring (bicyclic) bond motifs is 1. The van der Waals surface area contributed by atoms with Crippen molar-refractivity contribution in [1.29, 1.82) is 0 Å². The second-order valence-corrected chi connectivity index (χ2v) is 7.98. The first kappa shape index (κ1) is 19.6. The predicted molar refractivity (Wildman–Crippen MR) is 119 cm³/mol. The minimum atomic E-state index is -0.493. The van der Waals surface area contributed by atoms with Crippen molar-refractivity contribution >= 4 is 11.1 Å². The first-order chi connectivity index (χ1) is 14.2. The van der Waals surface area contributed by atoms with E-state index in [0.717, 1.165) is 41.3 Å². The molecular formula is C25H28FN3. The zero-order valence-electron chi connectivity index (χ0n) is 16.9. The van der Waals surface area contributed by atoms with Crippen LogP contribution >= 0.6 is 0 Å². The van der Waals surface area contributed by atoms with Crippen LogP contribution in [0.25, 0.3) is 22.3 Å². The largest absolute Gasteiger partial charge is 0.360 e. The molecule has 29 heavy (non-hydrogen) atoms.